The van der Waals surface area contributed by atoms with Crippen LogP contribution in [0.15, 0.2) is 0 Å². The smallest absolute Gasteiger partial charge is 0.222 e. The van der Waals surface area contributed by atoms with Crippen LogP contribution in [-0.4, -0.2) is 30.4 Å². The van der Waals surface area contributed by atoms with Crippen LogP contribution in [0.3, 0.4) is 0 Å². The van der Waals surface area contributed by atoms with E-state index in [2.05, 4.69) is 0 Å². The molecular formula is C14H28N2O. The maximum atomic E-state index is 12.0. The molecule has 0 aromatic rings. The number of carbonyl (C=O) groups excluding carboxylic acids is 1. The molecule has 2 N–H and O–H groups in total. The molecule has 0 aromatic carbocycles. The SMILES string of the molecule is CN(C(=O)CCCCCCN)C1CCCCC1. The van der Waals surface area contributed by atoms with Gasteiger partial charge in [-0.05, 0) is 32.2 Å². The highest BCUT2D eigenvalue weighted by molar-refractivity contribution is 5.76. The van der Waals surface area contributed by atoms with Crippen LogP contribution in [0.4, 0.5) is 0 Å². The summed E-state index contributed by atoms with van der Waals surface area (Å²) in [4.78, 5) is 14.0. The van der Waals surface area contributed by atoms with E-state index in [0.717, 1.165) is 38.6 Å². The van der Waals surface area contributed by atoms with E-state index >= 15 is 0 Å². The lowest BCUT2D eigenvalue weighted by Crippen LogP contribution is -2.38. The Morgan fingerprint density at radius 2 is 1.76 bits per heavy atom. The van der Waals surface area contributed by atoms with Crippen molar-refractivity contribution in [1.29, 1.82) is 0 Å². The normalized spacial score (nSPS) is 17.1. The van der Waals surface area contributed by atoms with Crippen LogP contribution in [-0.2, 0) is 4.79 Å². The van der Waals surface area contributed by atoms with Gasteiger partial charge < -0.3 is 10.6 Å². The van der Waals surface area contributed by atoms with Crippen LogP contribution in [0, 0.1) is 0 Å². The molecule has 1 saturated carbocycles. The number of hydrogen-bond acceptors (Lipinski definition) is 2. The van der Waals surface area contributed by atoms with Crippen molar-refractivity contribution >= 4 is 5.91 Å². The minimum Gasteiger partial charge on any atom is -0.343 e. The minimum atomic E-state index is 0.338. The highest BCUT2D eigenvalue weighted by atomic mass is 16.2. The number of hydrogen-bond donors (Lipinski definition) is 1. The van der Waals surface area contributed by atoms with E-state index in [9.17, 15) is 4.79 Å². The van der Waals surface area contributed by atoms with Crippen LogP contribution in [0.5, 0.6) is 0 Å². The number of unbranched alkanes of at least 4 members (excludes halogenated alkanes) is 3. The predicted octanol–water partition coefficient (Wildman–Crippen LogP) is 2.69. The van der Waals surface area contributed by atoms with Gasteiger partial charge in [0.25, 0.3) is 0 Å². The summed E-state index contributed by atoms with van der Waals surface area (Å²) < 4.78 is 0. The predicted molar refractivity (Wildman–Crippen MR) is 71.8 cm³/mol. The summed E-state index contributed by atoms with van der Waals surface area (Å²) in [5.41, 5.74) is 5.44. The second kappa shape index (κ2) is 8.51. The Bertz CT molecular complexity index is 212. The van der Waals surface area contributed by atoms with Gasteiger partial charge in [-0.3, -0.25) is 4.79 Å². The largest absolute Gasteiger partial charge is 0.343 e. The Hall–Kier alpha value is -0.570. The lowest BCUT2D eigenvalue weighted by Gasteiger charge is -2.31. The molecular weight excluding hydrogens is 212 g/mol. The molecule has 3 nitrogen and oxygen atoms in total. The first-order valence-electron chi connectivity index (χ1n) is 7.21. The Balaban J connectivity index is 2.13. The van der Waals surface area contributed by atoms with E-state index < -0.39 is 0 Å². The van der Waals surface area contributed by atoms with E-state index in [4.69, 9.17) is 5.73 Å². The highest BCUT2D eigenvalue weighted by Gasteiger charge is 2.21. The molecule has 0 radical (unpaired) electrons. The van der Waals surface area contributed by atoms with Gasteiger partial charge in [-0.1, -0.05) is 32.1 Å². The van der Waals surface area contributed by atoms with Crippen molar-refractivity contribution in [2.24, 2.45) is 5.73 Å². The molecule has 100 valence electrons. The summed E-state index contributed by atoms with van der Waals surface area (Å²) in [7, 11) is 1.98. The summed E-state index contributed by atoms with van der Waals surface area (Å²) in [5.74, 6) is 0.338. The molecule has 0 saturated heterocycles. The van der Waals surface area contributed by atoms with Gasteiger partial charge in [-0.2, -0.15) is 0 Å². The van der Waals surface area contributed by atoms with Gasteiger partial charge in [0.1, 0.15) is 0 Å². The van der Waals surface area contributed by atoms with Crippen molar-refractivity contribution < 1.29 is 4.79 Å². The molecule has 0 spiro atoms. The summed E-state index contributed by atoms with van der Waals surface area (Å²) in [5, 5.41) is 0. The molecule has 1 rings (SSSR count). The standard InChI is InChI=1S/C14H28N2O/c1-16(13-9-5-4-6-10-13)14(17)11-7-2-3-8-12-15/h13H,2-12,15H2,1H3. The summed E-state index contributed by atoms with van der Waals surface area (Å²) in [6.07, 6.45) is 11.5. The Morgan fingerprint density at radius 3 is 2.41 bits per heavy atom. The maximum absolute atomic E-state index is 12.0. The molecule has 0 atom stereocenters. The summed E-state index contributed by atoms with van der Waals surface area (Å²) >= 11 is 0. The van der Waals surface area contributed by atoms with Crippen LogP contribution >= 0.6 is 0 Å². The minimum absolute atomic E-state index is 0.338. The van der Waals surface area contributed by atoms with E-state index in [-0.39, 0.29) is 0 Å². The zero-order valence-corrected chi connectivity index (χ0v) is 11.3. The van der Waals surface area contributed by atoms with Crippen LogP contribution < -0.4 is 5.73 Å². The molecule has 0 aromatic heterocycles. The Labute approximate surface area is 106 Å². The fraction of sp³-hybridized carbons (Fsp3) is 0.929. The van der Waals surface area contributed by atoms with Crippen molar-refractivity contribution in [3.63, 3.8) is 0 Å². The quantitative estimate of drug-likeness (QED) is 0.695. The fourth-order valence-electron chi connectivity index (χ4n) is 2.62. The van der Waals surface area contributed by atoms with Crippen molar-refractivity contribution in [2.75, 3.05) is 13.6 Å². The number of rotatable bonds is 7. The molecule has 0 heterocycles. The third-order valence-electron chi connectivity index (χ3n) is 3.86. The number of carbonyl (C=O) groups is 1. The molecule has 0 unspecified atom stereocenters. The van der Waals surface area contributed by atoms with E-state index in [1.807, 2.05) is 11.9 Å². The van der Waals surface area contributed by atoms with Gasteiger partial charge in [0.05, 0.1) is 0 Å². The van der Waals surface area contributed by atoms with Gasteiger partial charge in [-0.25, -0.2) is 0 Å². The van der Waals surface area contributed by atoms with Gasteiger partial charge in [0.2, 0.25) is 5.91 Å². The maximum Gasteiger partial charge on any atom is 0.222 e. The molecule has 3 heteroatoms. The summed E-state index contributed by atoms with van der Waals surface area (Å²) in [6.45, 7) is 0.774. The molecule has 1 aliphatic carbocycles. The molecule has 0 aliphatic heterocycles. The van der Waals surface area contributed by atoms with Crippen molar-refractivity contribution in [1.82, 2.24) is 4.90 Å². The number of nitrogens with two attached hydrogens (primary N) is 1. The average Bonchev–Trinajstić information content (AvgIpc) is 2.38. The first-order valence-corrected chi connectivity index (χ1v) is 7.21. The average molecular weight is 240 g/mol. The zero-order chi connectivity index (χ0) is 12.5. The van der Waals surface area contributed by atoms with Crippen LogP contribution in [0.25, 0.3) is 0 Å². The van der Waals surface area contributed by atoms with E-state index in [0.29, 0.717) is 11.9 Å². The van der Waals surface area contributed by atoms with Gasteiger partial charge in [0.15, 0.2) is 0 Å². The van der Waals surface area contributed by atoms with Gasteiger partial charge in [0, 0.05) is 19.5 Å². The zero-order valence-electron chi connectivity index (χ0n) is 11.3. The van der Waals surface area contributed by atoms with Gasteiger partial charge in [-0.15, -0.1) is 0 Å². The van der Waals surface area contributed by atoms with E-state index in [1.165, 1.54) is 32.1 Å². The molecule has 1 amide bonds. The second-order valence-electron chi connectivity index (χ2n) is 5.25. The lowest BCUT2D eigenvalue weighted by atomic mass is 9.94. The van der Waals surface area contributed by atoms with Crippen LogP contribution in [0.2, 0.25) is 0 Å². The molecule has 1 aliphatic rings. The van der Waals surface area contributed by atoms with Crippen molar-refractivity contribution in [3.8, 4) is 0 Å². The first-order chi connectivity index (χ1) is 8.25. The van der Waals surface area contributed by atoms with Crippen molar-refractivity contribution in [3.05, 3.63) is 0 Å². The number of amides is 1. The third kappa shape index (κ3) is 5.53. The Morgan fingerprint density at radius 1 is 1.12 bits per heavy atom. The monoisotopic (exact) mass is 240 g/mol. The second-order valence-corrected chi connectivity index (χ2v) is 5.25. The molecule has 0 bridgehead atoms. The molecule has 1 fully saturated rings. The van der Waals surface area contributed by atoms with Gasteiger partial charge >= 0.3 is 0 Å². The van der Waals surface area contributed by atoms with Crippen LogP contribution in [0.1, 0.15) is 64.2 Å². The molecule has 17 heavy (non-hydrogen) atoms. The summed E-state index contributed by atoms with van der Waals surface area (Å²) in [6, 6.07) is 0.514. The first kappa shape index (κ1) is 14.5. The lowest BCUT2D eigenvalue weighted by molar-refractivity contribution is -0.132. The fourth-order valence-corrected chi connectivity index (χ4v) is 2.62. The number of nitrogens with zero attached hydrogens (tertiary/aromatic N) is 1. The third-order valence-corrected chi connectivity index (χ3v) is 3.86. The van der Waals surface area contributed by atoms with Crippen molar-refractivity contribution in [2.45, 2.75) is 70.3 Å². The van der Waals surface area contributed by atoms with E-state index in [1.54, 1.807) is 0 Å². The topological polar surface area (TPSA) is 46.3 Å². The highest BCUT2D eigenvalue weighted by Crippen LogP contribution is 2.22. The Kier molecular flexibility index (Phi) is 7.25.